The lowest BCUT2D eigenvalue weighted by atomic mass is 10.1. The molecule has 6 nitrogen and oxygen atoms in total. The summed E-state index contributed by atoms with van der Waals surface area (Å²) in [6.07, 6.45) is 3.77. The Morgan fingerprint density at radius 2 is 1.89 bits per heavy atom. The van der Waals surface area contributed by atoms with Gasteiger partial charge in [-0.3, -0.25) is 4.79 Å². The number of carbonyl (C=O) groups is 2. The molecule has 0 aromatic rings. The standard InChI is InChI=1S/C13H22N2O4/c1-2-19-11-5-7-14(8-6-11)13(18)15(9-12(16)17)10-3-4-10/h10-11H,2-9H2,1H3,(H,16,17). The number of carboxylic acids is 1. The predicted molar refractivity (Wildman–Crippen MR) is 69.0 cm³/mol. The maximum absolute atomic E-state index is 12.3. The van der Waals surface area contributed by atoms with Crippen LogP contribution in [0.2, 0.25) is 0 Å². The first-order valence-corrected chi connectivity index (χ1v) is 7.00. The molecule has 1 saturated carbocycles. The maximum Gasteiger partial charge on any atom is 0.323 e. The van der Waals surface area contributed by atoms with Crippen molar-refractivity contribution >= 4 is 12.0 Å². The van der Waals surface area contributed by atoms with Crippen LogP contribution < -0.4 is 0 Å². The van der Waals surface area contributed by atoms with E-state index in [1.165, 1.54) is 4.90 Å². The summed E-state index contributed by atoms with van der Waals surface area (Å²) in [5.41, 5.74) is 0. The van der Waals surface area contributed by atoms with E-state index in [-0.39, 0.29) is 24.7 Å². The minimum atomic E-state index is -0.940. The number of hydrogen-bond donors (Lipinski definition) is 1. The molecule has 2 fully saturated rings. The van der Waals surface area contributed by atoms with Crippen molar-refractivity contribution in [3.8, 4) is 0 Å². The first-order valence-electron chi connectivity index (χ1n) is 7.00. The van der Waals surface area contributed by atoms with E-state index < -0.39 is 5.97 Å². The second kappa shape index (κ2) is 6.23. The van der Waals surface area contributed by atoms with Gasteiger partial charge in [0.05, 0.1) is 6.10 Å². The van der Waals surface area contributed by atoms with E-state index in [0.717, 1.165) is 25.7 Å². The van der Waals surface area contributed by atoms with Gasteiger partial charge in [0.1, 0.15) is 6.54 Å². The Hall–Kier alpha value is -1.30. The fourth-order valence-electron chi connectivity index (χ4n) is 2.52. The zero-order valence-corrected chi connectivity index (χ0v) is 11.4. The highest BCUT2D eigenvalue weighted by molar-refractivity contribution is 5.80. The Kier molecular flexibility index (Phi) is 4.63. The van der Waals surface area contributed by atoms with Crippen LogP contribution in [0.15, 0.2) is 0 Å². The monoisotopic (exact) mass is 270 g/mol. The molecule has 2 aliphatic rings. The Balaban J connectivity index is 1.86. The third-order valence-electron chi connectivity index (χ3n) is 3.65. The van der Waals surface area contributed by atoms with Crippen molar-refractivity contribution in [3.05, 3.63) is 0 Å². The van der Waals surface area contributed by atoms with Gasteiger partial charge in [0.15, 0.2) is 0 Å². The maximum atomic E-state index is 12.3. The van der Waals surface area contributed by atoms with Crippen LogP contribution in [0.25, 0.3) is 0 Å². The summed E-state index contributed by atoms with van der Waals surface area (Å²) in [4.78, 5) is 26.4. The molecular formula is C13H22N2O4. The molecule has 1 N–H and O–H groups in total. The van der Waals surface area contributed by atoms with Crippen molar-refractivity contribution < 1.29 is 19.4 Å². The molecule has 0 radical (unpaired) electrons. The van der Waals surface area contributed by atoms with Crippen molar-refractivity contribution in [2.45, 2.75) is 44.8 Å². The van der Waals surface area contributed by atoms with Crippen LogP contribution in [-0.4, -0.2) is 65.3 Å². The van der Waals surface area contributed by atoms with Crippen molar-refractivity contribution in [1.29, 1.82) is 0 Å². The van der Waals surface area contributed by atoms with Gasteiger partial charge in [-0.1, -0.05) is 0 Å². The first kappa shape index (κ1) is 14.1. The molecule has 0 unspecified atom stereocenters. The van der Waals surface area contributed by atoms with Gasteiger partial charge in [0.2, 0.25) is 0 Å². The molecule has 1 aliphatic carbocycles. The number of amides is 2. The topological polar surface area (TPSA) is 70.1 Å². The molecule has 0 aromatic heterocycles. The van der Waals surface area contributed by atoms with Gasteiger partial charge in [-0.15, -0.1) is 0 Å². The number of rotatable bonds is 5. The Morgan fingerprint density at radius 3 is 2.37 bits per heavy atom. The van der Waals surface area contributed by atoms with E-state index >= 15 is 0 Å². The molecule has 2 amide bonds. The van der Waals surface area contributed by atoms with Gasteiger partial charge in [0.25, 0.3) is 0 Å². The molecule has 6 heteroatoms. The van der Waals surface area contributed by atoms with Crippen LogP contribution in [0.3, 0.4) is 0 Å². The van der Waals surface area contributed by atoms with Crippen LogP contribution >= 0.6 is 0 Å². The predicted octanol–water partition coefficient (Wildman–Crippen LogP) is 1.16. The fraction of sp³-hybridized carbons (Fsp3) is 0.846. The number of piperidine rings is 1. The normalized spacial score (nSPS) is 20.4. The number of carboxylic acid groups (broad SMARTS) is 1. The van der Waals surface area contributed by atoms with Crippen molar-refractivity contribution in [3.63, 3.8) is 0 Å². The third kappa shape index (κ3) is 3.83. The molecule has 1 heterocycles. The minimum absolute atomic E-state index is 0.125. The first-order chi connectivity index (χ1) is 9.11. The Morgan fingerprint density at radius 1 is 1.26 bits per heavy atom. The molecule has 2 rings (SSSR count). The second-order valence-electron chi connectivity index (χ2n) is 5.18. The average Bonchev–Trinajstić information content (AvgIpc) is 3.20. The largest absolute Gasteiger partial charge is 0.480 e. The number of aliphatic carboxylic acids is 1. The van der Waals surface area contributed by atoms with Crippen LogP contribution in [0, 0.1) is 0 Å². The molecule has 0 bridgehead atoms. The van der Waals surface area contributed by atoms with Crippen molar-refractivity contribution in [2.24, 2.45) is 0 Å². The van der Waals surface area contributed by atoms with E-state index in [0.29, 0.717) is 19.7 Å². The zero-order chi connectivity index (χ0) is 13.8. The van der Waals surface area contributed by atoms with Crippen LogP contribution in [0.5, 0.6) is 0 Å². The fourth-order valence-corrected chi connectivity index (χ4v) is 2.52. The highest BCUT2D eigenvalue weighted by atomic mass is 16.5. The van der Waals surface area contributed by atoms with Gasteiger partial charge in [-0.25, -0.2) is 4.79 Å². The molecule has 0 aromatic carbocycles. The lowest BCUT2D eigenvalue weighted by molar-refractivity contribution is -0.138. The quantitative estimate of drug-likeness (QED) is 0.813. The van der Waals surface area contributed by atoms with Crippen molar-refractivity contribution in [1.82, 2.24) is 9.80 Å². The van der Waals surface area contributed by atoms with Gasteiger partial charge >= 0.3 is 12.0 Å². The molecule has 0 spiro atoms. The SMILES string of the molecule is CCOC1CCN(C(=O)N(CC(=O)O)C2CC2)CC1. The lowest BCUT2D eigenvalue weighted by Crippen LogP contribution is -2.50. The second-order valence-corrected chi connectivity index (χ2v) is 5.18. The summed E-state index contributed by atoms with van der Waals surface area (Å²) in [6, 6.07) is 0.00747. The number of carbonyl (C=O) groups excluding carboxylic acids is 1. The van der Waals surface area contributed by atoms with Crippen LogP contribution in [0.1, 0.15) is 32.6 Å². The average molecular weight is 270 g/mol. The highest BCUT2D eigenvalue weighted by Crippen LogP contribution is 2.28. The smallest absolute Gasteiger partial charge is 0.323 e. The van der Waals surface area contributed by atoms with E-state index in [4.69, 9.17) is 9.84 Å². The summed E-state index contributed by atoms with van der Waals surface area (Å²) < 4.78 is 5.55. The van der Waals surface area contributed by atoms with Gasteiger partial charge < -0.3 is 19.6 Å². The van der Waals surface area contributed by atoms with E-state index in [2.05, 4.69) is 0 Å². The molecular weight excluding hydrogens is 248 g/mol. The van der Waals surface area contributed by atoms with Crippen molar-refractivity contribution in [2.75, 3.05) is 26.2 Å². The summed E-state index contributed by atoms with van der Waals surface area (Å²) in [5, 5.41) is 8.89. The molecule has 0 atom stereocenters. The molecule has 1 aliphatic heterocycles. The summed E-state index contributed by atoms with van der Waals surface area (Å²) in [5.74, 6) is -0.940. The van der Waals surface area contributed by atoms with E-state index in [9.17, 15) is 9.59 Å². The van der Waals surface area contributed by atoms with Gasteiger partial charge in [-0.2, -0.15) is 0 Å². The molecule has 19 heavy (non-hydrogen) atoms. The number of urea groups is 1. The summed E-state index contributed by atoms with van der Waals surface area (Å²) in [7, 11) is 0. The summed E-state index contributed by atoms with van der Waals surface area (Å²) >= 11 is 0. The summed E-state index contributed by atoms with van der Waals surface area (Å²) in [6.45, 7) is 3.80. The third-order valence-corrected chi connectivity index (χ3v) is 3.65. The molecule has 1 saturated heterocycles. The Bertz CT molecular complexity index is 336. The van der Waals surface area contributed by atoms with E-state index in [1.54, 1.807) is 4.90 Å². The molecule has 108 valence electrons. The van der Waals surface area contributed by atoms with Crippen LogP contribution in [-0.2, 0) is 9.53 Å². The van der Waals surface area contributed by atoms with Gasteiger partial charge in [-0.05, 0) is 32.6 Å². The number of likely N-dealkylation sites (tertiary alicyclic amines) is 1. The number of hydrogen-bond acceptors (Lipinski definition) is 3. The zero-order valence-electron chi connectivity index (χ0n) is 11.4. The number of nitrogens with zero attached hydrogens (tertiary/aromatic N) is 2. The lowest BCUT2D eigenvalue weighted by Gasteiger charge is -2.35. The highest BCUT2D eigenvalue weighted by Gasteiger charge is 2.37. The minimum Gasteiger partial charge on any atom is -0.480 e. The van der Waals surface area contributed by atoms with E-state index in [1.807, 2.05) is 6.92 Å². The van der Waals surface area contributed by atoms with Gasteiger partial charge in [0, 0.05) is 25.7 Å². The Labute approximate surface area is 113 Å². The van der Waals surface area contributed by atoms with Crippen LogP contribution in [0.4, 0.5) is 4.79 Å². The number of ether oxygens (including phenoxy) is 1.